The summed E-state index contributed by atoms with van der Waals surface area (Å²) in [4.78, 5) is 40.8. The van der Waals surface area contributed by atoms with Crippen molar-refractivity contribution in [2.24, 2.45) is 11.8 Å². The molecule has 4 rings (SSSR count). The van der Waals surface area contributed by atoms with Gasteiger partial charge in [0.15, 0.2) is 11.5 Å². The molecule has 0 spiro atoms. The molecule has 5 atom stereocenters. The third-order valence-corrected chi connectivity index (χ3v) is 6.75. The molecule has 13 heteroatoms. The van der Waals surface area contributed by atoms with Crippen LogP contribution in [0, 0.1) is 11.8 Å². The van der Waals surface area contributed by atoms with Gasteiger partial charge < -0.3 is 15.2 Å². The normalized spacial score (nSPS) is 21.3. The van der Waals surface area contributed by atoms with Crippen LogP contribution < -0.4 is 16.3 Å². The van der Waals surface area contributed by atoms with Crippen molar-refractivity contribution in [2.75, 3.05) is 12.3 Å². The lowest BCUT2D eigenvalue weighted by atomic mass is 10.1. The van der Waals surface area contributed by atoms with Crippen LogP contribution in [0.2, 0.25) is 0 Å². The van der Waals surface area contributed by atoms with Gasteiger partial charge in [-0.05, 0) is 17.9 Å². The number of hydrogen-bond donors (Lipinski definition) is 4. The molecule has 2 heterocycles. The number of nitrogens with one attached hydrogen (secondary N) is 2. The molecule has 192 valence electrons. The van der Waals surface area contributed by atoms with Crippen LogP contribution in [0.3, 0.4) is 0 Å². The van der Waals surface area contributed by atoms with Gasteiger partial charge in [-0.2, -0.15) is 5.48 Å². The highest BCUT2D eigenvalue weighted by Gasteiger charge is 2.32. The van der Waals surface area contributed by atoms with Crippen molar-refractivity contribution in [1.82, 2.24) is 30.1 Å². The maximum absolute atomic E-state index is 12.7. The fourth-order valence-corrected chi connectivity index (χ4v) is 4.71. The third-order valence-electron chi connectivity index (χ3n) is 5.75. The minimum atomic E-state index is -4.46. The van der Waals surface area contributed by atoms with Crippen LogP contribution >= 0.6 is 7.75 Å². The van der Waals surface area contributed by atoms with E-state index in [9.17, 15) is 14.3 Å². The molecular weight excluding hydrogens is 485 g/mol. The number of anilines is 1. The summed E-state index contributed by atoms with van der Waals surface area (Å²) in [5, 5.41) is 2.07. The topological polar surface area (TPSA) is 167 Å². The number of carbonyl (C=O) groups excluding carboxylic acids is 1. The summed E-state index contributed by atoms with van der Waals surface area (Å²) in [6.45, 7) is 2.33. The first-order chi connectivity index (χ1) is 17.6. The maximum atomic E-state index is 12.7. The fourth-order valence-electron chi connectivity index (χ4n) is 3.83. The lowest BCUT2D eigenvalue weighted by Gasteiger charge is -2.23. The number of nitrogens with two attached hydrogens (primary N) is 1. The van der Waals surface area contributed by atoms with Crippen LogP contribution in [0.15, 0.2) is 55.1 Å². The maximum Gasteiger partial charge on any atom is 0.432 e. The Hall–Kier alpha value is -3.15. The van der Waals surface area contributed by atoms with E-state index in [0.717, 1.165) is 0 Å². The van der Waals surface area contributed by atoms with Gasteiger partial charge in [0.25, 0.3) is 0 Å². The molecule has 4 unspecified atom stereocenters. The van der Waals surface area contributed by atoms with Crippen molar-refractivity contribution < 1.29 is 25.0 Å². The highest BCUT2D eigenvalue weighted by molar-refractivity contribution is 7.51. The number of nitrogen functional groups attached to an aromatic ring is 1. The standard InChI is InChI=1S/C23H30N7O5P/c1-15(2)19(28-34-11-16-6-4-3-5-7-16)23(31)29-36(32,33)35-12-17-8-9-18(10-17)30-14-27-20-21(24)25-13-26-22(20)30/h3-9,13-15,17-19,28H,10-12H2,1-2H3,(H2,24,25,26)(H2,29,31,32,33)/t17?,18?,19-/m0/s1/i11D/t11?,17?,18?,19-. The molecule has 1 aliphatic carbocycles. The summed E-state index contributed by atoms with van der Waals surface area (Å²) in [5.74, 6) is -0.954. The lowest BCUT2D eigenvalue weighted by molar-refractivity contribution is -0.128. The van der Waals surface area contributed by atoms with Gasteiger partial charge in [0.2, 0.25) is 5.91 Å². The molecule has 3 aromatic rings. The Morgan fingerprint density at radius 3 is 2.83 bits per heavy atom. The molecule has 2 aromatic heterocycles. The second-order valence-electron chi connectivity index (χ2n) is 8.81. The number of amides is 1. The van der Waals surface area contributed by atoms with Crippen molar-refractivity contribution in [1.29, 1.82) is 0 Å². The fraction of sp³-hybridized carbons (Fsp3) is 0.391. The number of rotatable bonds is 11. The molecule has 0 radical (unpaired) electrons. The van der Waals surface area contributed by atoms with E-state index in [1.807, 2.05) is 22.8 Å². The Balaban J connectivity index is 1.29. The Kier molecular flexibility index (Phi) is 7.69. The number of nitrogens with zero attached hydrogens (tertiary/aromatic N) is 4. The number of hydrogen-bond acceptors (Lipinski definition) is 9. The monoisotopic (exact) mass is 516 g/mol. The van der Waals surface area contributed by atoms with E-state index in [0.29, 0.717) is 29.0 Å². The van der Waals surface area contributed by atoms with E-state index in [1.165, 1.54) is 6.33 Å². The minimum absolute atomic E-state index is 0.0795. The molecule has 0 fully saturated rings. The van der Waals surface area contributed by atoms with Crippen LogP contribution in [-0.2, 0) is 25.3 Å². The number of hydroxylamine groups is 1. The number of carbonyl (C=O) groups is 1. The van der Waals surface area contributed by atoms with Crippen molar-refractivity contribution >= 4 is 30.6 Å². The summed E-state index contributed by atoms with van der Waals surface area (Å²) >= 11 is 0. The van der Waals surface area contributed by atoms with Crippen LogP contribution in [-0.4, -0.2) is 43.0 Å². The van der Waals surface area contributed by atoms with Gasteiger partial charge >= 0.3 is 7.75 Å². The van der Waals surface area contributed by atoms with Gasteiger partial charge in [0, 0.05) is 5.92 Å². The first-order valence-corrected chi connectivity index (χ1v) is 13.0. The van der Waals surface area contributed by atoms with Crippen molar-refractivity contribution in [2.45, 2.75) is 38.9 Å². The number of benzene rings is 1. The molecular formula is C23H30N7O5P. The Morgan fingerprint density at radius 1 is 1.31 bits per heavy atom. The summed E-state index contributed by atoms with van der Waals surface area (Å²) in [5.41, 5.74) is 10.1. The van der Waals surface area contributed by atoms with Gasteiger partial charge in [-0.15, -0.1) is 0 Å². The minimum Gasteiger partial charge on any atom is -0.382 e. The zero-order chi connectivity index (χ0) is 26.6. The van der Waals surface area contributed by atoms with Gasteiger partial charge in [0.05, 0.1) is 26.9 Å². The van der Waals surface area contributed by atoms with Crippen LogP contribution in [0.4, 0.5) is 5.82 Å². The molecule has 1 aliphatic rings. The predicted molar refractivity (Wildman–Crippen MR) is 133 cm³/mol. The molecule has 0 aliphatic heterocycles. The third kappa shape index (κ3) is 6.34. The Labute approximate surface area is 209 Å². The van der Waals surface area contributed by atoms with Crippen molar-refractivity contribution in [3.05, 3.63) is 60.7 Å². The zero-order valence-corrected chi connectivity index (χ0v) is 20.8. The van der Waals surface area contributed by atoms with Crippen LogP contribution in [0.25, 0.3) is 11.2 Å². The summed E-state index contributed by atoms with van der Waals surface area (Å²) in [6, 6.07) is 7.74. The predicted octanol–water partition coefficient (Wildman–Crippen LogP) is 2.50. The quantitative estimate of drug-likeness (QED) is 0.169. The Bertz CT molecular complexity index is 1310. The average molecular weight is 517 g/mol. The highest BCUT2D eigenvalue weighted by Crippen LogP contribution is 2.40. The Morgan fingerprint density at radius 2 is 2.08 bits per heavy atom. The molecule has 1 aromatic carbocycles. The van der Waals surface area contributed by atoms with Crippen LogP contribution in [0.5, 0.6) is 0 Å². The molecule has 36 heavy (non-hydrogen) atoms. The smallest absolute Gasteiger partial charge is 0.382 e. The molecule has 1 amide bonds. The molecule has 0 saturated heterocycles. The second kappa shape index (κ2) is 11.3. The SMILES string of the molecule is [2H]C(ON[C@H](C(=O)NP(=O)(O)OCC1C=CC(n2cnc3c(N)ncnc32)C1)C(C)C)c1ccccc1. The summed E-state index contributed by atoms with van der Waals surface area (Å²) < 4.78 is 27.8. The van der Waals surface area contributed by atoms with Gasteiger partial charge in [-0.3, -0.25) is 19.2 Å². The molecule has 0 saturated carbocycles. The first kappa shape index (κ1) is 24.5. The molecule has 0 bridgehead atoms. The number of aromatic nitrogens is 4. The van der Waals surface area contributed by atoms with Crippen LogP contribution in [0.1, 0.15) is 33.2 Å². The zero-order valence-electron chi connectivity index (χ0n) is 20.9. The average Bonchev–Trinajstić information content (AvgIpc) is 3.50. The van der Waals surface area contributed by atoms with Gasteiger partial charge in [-0.25, -0.2) is 19.5 Å². The van der Waals surface area contributed by atoms with Crippen molar-refractivity contribution in [3.63, 3.8) is 0 Å². The van der Waals surface area contributed by atoms with E-state index in [4.69, 9.17) is 16.5 Å². The van der Waals surface area contributed by atoms with E-state index >= 15 is 0 Å². The second-order valence-corrected chi connectivity index (χ2v) is 10.3. The molecule has 12 nitrogen and oxygen atoms in total. The number of allylic oxidation sites excluding steroid dienone is 1. The first-order valence-electron chi connectivity index (χ1n) is 12.0. The summed E-state index contributed by atoms with van der Waals surface area (Å²) in [7, 11) is -4.46. The van der Waals surface area contributed by atoms with E-state index < -0.39 is 26.3 Å². The van der Waals surface area contributed by atoms with Gasteiger partial charge in [0.1, 0.15) is 17.9 Å². The largest absolute Gasteiger partial charge is 0.432 e. The molecule has 5 N–H and O–H groups in total. The number of fused-ring (bicyclic) bond motifs is 1. The van der Waals surface area contributed by atoms with Crippen molar-refractivity contribution in [3.8, 4) is 0 Å². The lowest BCUT2D eigenvalue weighted by Crippen LogP contribution is -2.46. The number of imidazole rings is 1. The summed E-state index contributed by atoms with van der Waals surface area (Å²) in [6.07, 6.45) is 7.40. The van der Waals surface area contributed by atoms with E-state index in [-0.39, 0.29) is 24.5 Å². The van der Waals surface area contributed by atoms with E-state index in [1.54, 1.807) is 44.4 Å². The van der Waals surface area contributed by atoms with E-state index in [2.05, 4.69) is 25.5 Å². The highest BCUT2D eigenvalue weighted by atomic mass is 31.2. The van der Waals surface area contributed by atoms with Gasteiger partial charge in [-0.1, -0.05) is 56.3 Å².